The van der Waals surface area contributed by atoms with E-state index in [0.717, 1.165) is 5.75 Å². The summed E-state index contributed by atoms with van der Waals surface area (Å²) in [5, 5.41) is 5.30. The molecule has 2 rings (SSSR count). The summed E-state index contributed by atoms with van der Waals surface area (Å²) in [6.07, 6.45) is 0. The van der Waals surface area contributed by atoms with Gasteiger partial charge in [-0.3, -0.25) is 4.79 Å². The van der Waals surface area contributed by atoms with Gasteiger partial charge >= 0.3 is 6.03 Å². The van der Waals surface area contributed by atoms with E-state index in [2.05, 4.69) is 10.6 Å². The van der Waals surface area contributed by atoms with Crippen LogP contribution in [0.3, 0.4) is 0 Å². The lowest BCUT2D eigenvalue weighted by molar-refractivity contribution is 0.0956. The monoisotopic (exact) mass is 315 g/mol. The van der Waals surface area contributed by atoms with Crippen molar-refractivity contribution in [2.45, 2.75) is 4.90 Å². The van der Waals surface area contributed by atoms with Crippen LogP contribution in [0.1, 0.15) is 10.4 Å². The van der Waals surface area contributed by atoms with Crippen LogP contribution >= 0.6 is 11.8 Å². The van der Waals surface area contributed by atoms with Crippen LogP contribution in [0, 0.1) is 0 Å². The topological polar surface area (TPSA) is 84.2 Å². The third-order valence-electron chi connectivity index (χ3n) is 2.81. The Morgan fingerprint density at radius 1 is 1.00 bits per heavy atom. The van der Waals surface area contributed by atoms with Gasteiger partial charge in [0, 0.05) is 28.4 Å². The number of amides is 3. The number of carbonyl (C=O) groups excluding carboxylic acids is 2. The number of hydrogen-bond donors (Lipinski definition) is 3. The van der Waals surface area contributed by atoms with Crippen molar-refractivity contribution in [1.29, 1.82) is 0 Å². The van der Waals surface area contributed by atoms with Crippen molar-refractivity contribution in [2.24, 2.45) is 5.73 Å². The lowest BCUT2D eigenvalue weighted by atomic mass is 10.2. The molecule has 0 aliphatic carbocycles. The predicted molar refractivity (Wildman–Crippen MR) is 89.1 cm³/mol. The van der Waals surface area contributed by atoms with E-state index < -0.39 is 6.03 Å². The number of rotatable bonds is 6. The number of carbonyl (C=O) groups is 2. The Balaban J connectivity index is 1.76. The van der Waals surface area contributed by atoms with Gasteiger partial charge in [-0.2, -0.15) is 0 Å². The van der Waals surface area contributed by atoms with E-state index in [-0.39, 0.29) is 5.91 Å². The highest BCUT2D eigenvalue weighted by Gasteiger charge is 2.05. The lowest BCUT2D eigenvalue weighted by Crippen LogP contribution is -2.25. The van der Waals surface area contributed by atoms with E-state index in [1.54, 1.807) is 36.0 Å². The number of benzene rings is 2. The molecule has 0 heterocycles. The maximum absolute atomic E-state index is 12.0. The van der Waals surface area contributed by atoms with Gasteiger partial charge in [-0.05, 0) is 36.4 Å². The second-order valence-corrected chi connectivity index (χ2v) is 5.65. The van der Waals surface area contributed by atoms with E-state index in [9.17, 15) is 9.59 Å². The normalized spacial score (nSPS) is 10.0. The highest BCUT2D eigenvalue weighted by atomic mass is 32.2. The standard InChI is InChI=1S/C16H17N3O2S/c17-16(21)19-13-8-6-12(7-9-13)15(20)18-10-11-22-14-4-2-1-3-5-14/h1-9H,10-11H2,(H,18,20)(H3,17,19,21). The van der Waals surface area contributed by atoms with Gasteiger partial charge < -0.3 is 16.4 Å². The zero-order chi connectivity index (χ0) is 15.8. The molecule has 0 saturated carbocycles. The number of nitrogens with two attached hydrogens (primary N) is 1. The number of hydrogen-bond acceptors (Lipinski definition) is 3. The molecule has 0 aliphatic rings. The van der Waals surface area contributed by atoms with Gasteiger partial charge in [0.15, 0.2) is 0 Å². The molecule has 2 aromatic rings. The summed E-state index contributed by atoms with van der Waals surface area (Å²) in [7, 11) is 0. The smallest absolute Gasteiger partial charge is 0.316 e. The molecule has 0 aromatic heterocycles. The van der Waals surface area contributed by atoms with Crippen LogP contribution in [0.15, 0.2) is 59.5 Å². The second kappa shape index (κ2) is 8.09. The first-order chi connectivity index (χ1) is 10.6. The molecule has 0 fully saturated rings. The molecular weight excluding hydrogens is 298 g/mol. The van der Waals surface area contributed by atoms with Crippen molar-refractivity contribution in [3.05, 3.63) is 60.2 Å². The summed E-state index contributed by atoms with van der Waals surface area (Å²) in [5.74, 6) is 0.663. The fourth-order valence-electron chi connectivity index (χ4n) is 1.80. The lowest BCUT2D eigenvalue weighted by Gasteiger charge is -2.06. The number of primary amides is 1. The Hall–Kier alpha value is -2.47. The van der Waals surface area contributed by atoms with Crippen molar-refractivity contribution in [2.75, 3.05) is 17.6 Å². The molecule has 0 bridgehead atoms. The van der Waals surface area contributed by atoms with E-state index in [1.165, 1.54) is 4.90 Å². The van der Waals surface area contributed by atoms with Crippen LogP contribution < -0.4 is 16.4 Å². The van der Waals surface area contributed by atoms with E-state index >= 15 is 0 Å². The average Bonchev–Trinajstić information content (AvgIpc) is 2.52. The summed E-state index contributed by atoms with van der Waals surface area (Å²) in [6, 6.07) is 16.0. The molecule has 0 unspecified atom stereocenters. The minimum atomic E-state index is -0.630. The summed E-state index contributed by atoms with van der Waals surface area (Å²) in [4.78, 5) is 23.8. The highest BCUT2D eigenvalue weighted by Crippen LogP contribution is 2.16. The molecule has 0 atom stereocenters. The summed E-state index contributed by atoms with van der Waals surface area (Å²) in [5.41, 5.74) is 6.12. The maximum atomic E-state index is 12.0. The second-order valence-electron chi connectivity index (χ2n) is 4.48. The Morgan fingerprint density at radius 2 is 1.68 bits per heavy atom. The molecule has 2 aromatic carbocycles. The fraction of sp³-hybridized carbons (Fsp3) is 0.125. The van der Waals surface area contributed by atoms with Gasteiger partial charge in [0.25, 0.3) is 5.91 Å². The van der Waals surface area contributed by atoms with Crippen LogP contribution in [0.25, 0.3) is 0 Å². The Kier molecular flexibility index (Phi) is 5.85. The van der Waals surface area contributed by atoms with Crippen molar-refractivity contribution in [3.8, 4) is 0 Å². The first-order valence-corrected chi connectivity index (χ1v) is 7.76. The molecular formula is C16H17N3O2S. The number of urea groups is 1. The van der Waals surface area contributed by atoms with Crippen LogP contribution in [-0.4, -0.2) is 24.2 Å². The third-order valence-corrected chi connectivity index (χ3v) is 3.83. The molecule has 0 aliphatic heterocycles. The van der Waals surface area contributed by atoms with Gasteiger partial charge in [-0.25, -0.2) is 4.79 Å². The Morgan fingerprint density at radius 3 is 2.32 bits per heavy atom. The Labute approximate surface area is 133 Å². The summed E-state index contributed by atoms with van der Waals surface area (Å²) in [6.45, 7) is 0.583. The van der Waals surface area contributed by atoms with Crippen molar-refractivity contribution in [1.82, 2.24) is 5.32 Å². The zero-order valence-electron chi connectivity index (χ0n) is 11.9. The van der Waals surface area contributed by atoms with Crippen molar-refractivity contribution < 1.29 is 9.59 Å². The van der Waals surface area contributed by atoms with Crippen LogP contribution in [0.2, 0.25) is 0 Å². The quantitative estimate of drug-likeness (QED) is 0.566. The predicted octanol–water partition coefficient (Wildman–Crippen LogP) is 2.70. The molecule has 22 heavy (non-hydrogen) atoms. The van der Waals surface area contributed by atoms with Gasteiger partial charge in [0.1, 0.15) is 0 Å². The molecule has 3 amide bonds. The Bertz CT molecular complexity index is 630. The van der Waals surface area contributed by atoms with Crippen molar-refractivity contribution in [3.63, 3.8) is 0 Å². The van der Waals surface area contributed by atoms with Gasteiger partial charge in [0.2, 0.25) is 0 Å². The van der Waals surface area contributed by atoms with Crippen molar-refractivity contribution >= 4 is 29.4 Å². The largest absolute Gasteiger partial charge is 0.351 e. The molecule has 6 heteroatoms. The number of anilines is 1. The first kappa shape index (κ1) is 15.9. The zero-order valence-corrected chi connectivity index (χ0v) is 12.7. The van der Waals surface area contributed by atoms with E-state index in [1.807, 2.05) is 30.3 Å². The molecule has 0 saturated heterocycles. The first-order valence-electron chi connectivity index (χ1n) is 6.78. The number of nitrogens with one attached hydrogen (secondary N) is 2. The SMILES string of the molecule is NC(=O)Nc1ccc(C(=O)NCCSc2ccccc2)cc1. The van der Waals surface area contributed by atoms with E-state index in [4.69, 9.17) is 5.73 Å². The minimum absolute atomic E-state index is 0.140. The summed E-state index contributed by atoms with van der Waals surface area (Å²) < 4.78 is 0. The highest BCUT2D eigenvalue weighted by molar-refractivity contribution is 7.99. The van der Waals surface area contributed by atoms with Crippen LogP contribution in [0.5, 0.6) is 0 Å². The summed E-state index contributed by atoms with van der Waals surface area (Å²) >= 11 is 1.69. The van der Waals surface area contributed by atoms with Gasteiger partial charge in [0.05, 0.1) is 0 Å². The maximum Gasteiger partial charge on any atom is 0.316 e. The fourth-order valence-corrected chi connectivity index (χ4v) is 2.59. The molecule has 5 nitrogen and oxygen atoms in total. The van der Waals surface area contributed by atoms with Crippen LogP contribution in [0.4, 0.5) is 10.5 Å². The van der Waals surface area contributed by atoms with E-state index in [0.29, 0.717) is 17.8 Å². The minimum Gasteiger partial charge on any atom is -0.351 e. The number of thioether (sulfide) groups is 1. The molecule has 4 N–H and O–H groups in total. The molecule has 0 radical (unpaired) electrons. The average molecular weight is 315 g/mol. The molecule has 114 valence electrons. The van der Waals surface area contributed by atoms with Gasteiger partial charge in [-0.15, -0.1) is 11.8 Å². The molecule has 0 spiro atoms. The third kappa shape index (κ3) is 5.14. The van der Waals surface area contributed by atoms with Gasteiger partial charge in [-0.1, -0.05) is 18.2 Å². The van der Waals surface area contributed by atoms with Crippen LogP contribution in [-0.2, 0) is 0 Å².